The number of carbonyl (C=O) groups excluding carboxylic acids is 2. The van der Waals surface area contributed by atoms with E-state index in [1.807, 2.05) is 43.3 Å². The number of hydrogen-bond donors (Lipinski definition) is 1. The van der Waals surface area contributed by atoms with Crippen LogP contribution in [0.15, 0.2) is 48.5 Å². The summed E-state index contributed by atoms with van der Waals surface area (Å²) in [5.74, 6) is 0.815. The molecule has 1 N–H and O–H groups in total. The molecule has 0 spiro atoms. The lowest BCUT2D eigenvalue weighted by atomic mass is 10.1. The molecule has 7 nitrogen and oxygen atoms in total. The third-order valence-electron chi connectivity index (χ3n) is 4.43. The van der Waals surface area contributed by atoms with Crippen molar-refractivity contribution in [3.05, 3.63) is 59.7 Å². The van der Waals surface area contributed by atoms with E-state index in [0.29, 0.717) is 25.3 Å². The fourth-order valence-electron chi connectivity index (χ4n) is 2.80. The molecule has 1 atom stereocenters. The molecule has 0 heterocycles. The van der Waals surface area contributed by atoms with Gasteiger partial charge in [0.1, 0.15) is 11.5 Å². The number of benzene rings is 2. The van der Waals surface area contributed by atoms with E-state index in [1.54, 1.807) is 12.1 Å². The summed E-state index contributed by atoms with van der Waals surface area (Å²) < 4.78 is 20.8. The Balaban J connectivity index is 1.70. The van der Waals surface area contributed by atoms with Gasteiger partial charge < -0.3 is 24.3 Å². The Labute approximate surface area is 177 Å². The average molecular weight is 415 g/mol. The van der Waals surface area contributed by atoms with Crippen LogP contribution in [0.2, 0.25) is 0 Å². The van der Waals surface area contributed by atoms with Crippen molar-refractivity contribution in [1.29, 1.82) is 0 Å². The molecule has 0 bridgehead atoms. The third-order valence-corrected chi connectivity index (χ3v) is 4.43. The lowest BCUT2D eigenvalue weighted by Crippen LogP contribution is -2.30. The molecule has 0 aliphatic heterocycles. The zero-order valence-corrected chi connectivity index (χ0v) is 17.7. The first-order chi connectivity index (χ1) is 14.5. The molecule has 0 radical (unpaired) electrons. The molecule has 0 fully saturated rings. The van der Waals surface area contributed by atoms with Crippen molar-refractivity contribution < 1.29 is 28.5 Å². The summed E-state index contributed by atoms with van der Waals surface area (Å²) in [6.07, 6.45) is 0.478. The first-order valence-electron chi connectivity index (χ1n) is 9.86. The average Bonchev–Trinajstić information content (AvgIpc) is 2.77. The second-order valence-corrected chi connectivity index (χ2v) is 6.56. The Morgan fingerprint density at radius 3 is 2.07 bits per heavy atom. The van der Waals surface area contributed by atoms with Gasteiger partial charge in [-0.3, -0.25) is 4.79 Å². The summed E-state index contributed by atoms with van der Waals surface area (Å²) in [6.45, 7) is 3.05. The van der Waals surface area contributed by atoms with E-state index < -0.39 is 12.1 Å². The van der Waals surface area contributed by atoms with Crippen molar-refractivity contribution >= 4 is 11.9 Å². The molecule has 0 aliphatic rings. The van der Waals surface area contributed by atoms with Gasteiger partial charge in [-0.05, 0) is 48.7 Å². The third kappa shape index (κ3) is 7.75. The minimum Gasteiger partial charge on any atom is -0.494 e. The number of methoxy groups -OCH3 is 2. The summed E-state index contributed by atoms with van der Waals surface area (Å²) in [6, 6.07) is 15.0. The number of nitrogens with one attached hydrogen (secondary N) is 1. The largest absolute Gasteiger partial charge is 0.494 e. The topological polar surface area (TPSA) is 83.1 Å². The maximum atomic E-state index is 12.0. The van der Waals surface area contributed by atoms with E-state index in [-0.39, 0.29) is 12.5 Å². The van der Waals surface area contributed by atoms with Gasteiger partial charge in [0.15, 0.2) is 12.7 Å². The van der Waals surface area contributed by atoms with Crippen LogP contribution in [0.1, 0.15) is 18.1 Å². The molecule has 1 amide bonds. The summed E-state index contributed by atoms with van der Waals surface area (Å²) in [5, 5.41) is 2.84. The molecular formula is C23H29NO6. The maximum absolute atomic E-state index is 12.0. The van der Waals surface area contributed by atoms with Crippen LogP contribution in [0, 0.1) is 0 Å². The SMILES string of the molecule is CCOc1ccc(CCNC(=O)COc2ccc(C[C@H](OC)C(=O)OC)cc2)cc1. The number of rotatable bonds is 12. The maximum Gasteiger partial charge on any atom is 0.335 e. The van der Waals surface area contributed by atoms with Crippen molar-refractivity contribution in [3.63, 3.8) is 0 Å². The monoisotopic (exact) mass is 415 g/mol. The molecule has 0 aliphatic carbocycles. The summed E-state index contributed by atoms with van der Waals surface area (Å²) in [4.78, 5) is 23.6. The minimum atomic E-state index is -0.650. The van der Waals surface area contributed by atoms with Crippen molar-refractivity contribution in [2.24, 2.45) is 0 Å². The molecule has 162 valence electrons. The molecule has 0 saturated carbocycles. The molecular weight excluding hydrogens is 386 g/mol. The smallest absolute Gasteiger partial charge is 0.335 e. The van der Waals surface area contributed by atoms with Crippen LogP contribution in [0.25, 0.3) is 0 Å². The molecule has 30 heavy (non-hydrogen) atoms. The van der Waals surface area contributed by atoms with E-state index in [9.17, 15) is 9.59 Å². The van der Waals surface area contributed by atoms with E-state index in [0.717, 1.165) is 23.3 Å². The molecule has 2 aromatic rings. The van der Waals surface area contributed by atoms with Crippen LogP contribution >= 0.6 is 0 Å². The van der Waals surface area contributed by atoms with E-state index in [2.05, 4.69) is 5.32 Å². The fraction of sp³-hybridized carbons (Fsp3) is 0.391. The van der Waals surface area contributed by atoms with E-state index in [4.69, 9.17) is 18.9 Å². The zero-order valence-electron chi connectivity index (χ0n) is 17.7. The Morgan fingerprint density at radius 2 is 1.50 bits per heavy atom. The van der Waals surface area contributed by atoms with Gasteiger partial charge in [-0.2, -0.15) is 0 Å². The van der Waals surface area contributed by atoms with Gasteiger partial charge in [0.2, 0.25) is 0 Å². The van der Waals surface area contributed by atoms with Gasteiger partial charge in [-0.1, -0.05) is 24.3 Å². The summed E-state index contributed by atoms with van der Waals surface area (Å²) in [5.41, 5.74) is 2.02. The predicted molar refractivity (Wildman–Crippen MR) is 113 cm³/mol. The first kappa shape index (κ1) is 23.2. The standard InChI is InChI=1S/C23H29NO6/c1-4-29-19-9-5-17(6-10-19)13-14-24-22(25)16-30-20-11-7-18(8-12-20)15-21(27-2)23(26)28-3/h5-12,21H,4,13-16H2,1-3H3,(H,24,25)/t21-/m0/s1. The van der Waals surface area contributed by atoms with Crippen molar-refractivity contribution in [1.82, 2.24) is 5.32 Å². The number of ether oxygens (including phenoxy) is 4. The van der Waals surface area contributed by atoms with Gasteiger partial charge in [-0.15, -0.1) is 0 Å². The van der Waals surface area contributed by atoms with E-state index >= 15 is 0 Å². The highest BCUT2D eigenvalue weighted by molar-refractivity contribution is 5.77. The van der Waals surface area contributed by atoms with Gasteiger partial charge in [0.05, 0.1) is 13.7 Å². The number of carbonyl (C=O) groups is 2. The van der Waals surface area contributed by atoms with Gasteiger partial charge in [0.25, 0.3) is 5.91 Å². The van der Waals surface area contributed by atoms with Crippen LogP contribution < -0.4 is 14.8 Å². The highest BCUT2D eigenvalue weighted by Gasteiger charge is 2.18. The summed E-state index contributed by atoms with van der Waals surface area (Å²) >= 11 is 0. The Morgan fingerprint density at radius 1 is 0.900 bits per heavy atom. The van der Waals surface area contributed by atoms with Crippen molar-refractivity contribution in [2.75, 3.05) is 34.0 Å². The second-order valence-electron chi connectivity index (χ2n) is 6.56. The molecule has 2 aromatic carbocycles. The van der Waals surface area contributed by atoms with E-state index in [1.165, 1.54) is 14.2 Å². The Bertz CT molecular complexity index is 788. The highest BCUT2D eigenvalue weighted by Crippen LogP contribution is 2.15. The Hall–Kier alpha value is -3.06. The molecule has 7 heteroatoms. The van der Waals surface area contributed by atoms with Crippen LogP contribution in [0.3, 0.4) is 0 Å². The lowest BCUT2D eigenvalue weighted by molar-refractivity contribution is -0.152. The fourth-order valence-corrected chi connectivity index (χ4v) is 2.80. The minimum absolute atomic E-state index is 0.0640. The van der Waals surface area contributed by atoms with Gasteiger partial charge in [0, 0.05) is 20.1 Å². The number of esters is 1. The van der Waals surface area contributed by atoms with Crippen molar-refractivity contribution in [2.45, 2.75) is 25.9 Å². The molecule has 0 aromatic heterocycles. The van der Waals surface area contributed by atoms with Gasteiger partial charge in [-0.25, -0.2) is 4.79 Å². The summed E-state index contributed by atoms with van der Waals surface area (Å²) in [7, 11) is 2.79. The van der Waals surface area contributed by atoms with Crippen LogP contribution in [-0.4, -0.2) is 52.0 Å². The lowest BCUT2D eigenvalue weighted by Gasteiger charge is -2.13. The number of hydrogen-bond acceptors (Lipinski definition) is 6. The van der Waals surface area contributed by atoms with Crippen LogP contribution in [0.4, 0.5) is 0 Å². The normalized spacial score (nSPS) is 11.4. The number of amides is 1. The zero-order chi connectivity index (χ0) is 21.8. The molecule has 2 rings (SSSR count). The molecule has 0 unspecified atom stereocenters. The molecule has 0 saturated heterocycles. The van der Waals surface area contributed by atoms with Crippen LogP contribution in [0.5, 0.6) is 11.5 Å². The van der Waals surface area contributed by atoms with Gasteiger partial charge >= 0.3 is 5.97 Å². The van der Waals surface area contributed by atoms with Crippen molar-refractivity contribution in [3.8, 4) is 11.5 Å². The highest BCUT2D eigenvalue weighted by atomic mass is 16.6. The quantitative estimate of drug-likeness (QED) is 0.537. The Kier molecular flexibility index (Phi) is 9.67. The second kappa shape index (κ2) is 12.5. The van der Waals surface area contributed by atoms with Crippen LogP contribution in [-0.2, 0) is 31.9 Å². The first-order valence-corrected chi connectivity index (χ1v) is 9.86. The predicted octanol–water partition coefficient (Wildman–Crippen LogP) is 2.55.